The first-order chi connectivity index (χ1) is 4.22. The third-order valence-corrected chi connectivity index (χ3v) is 1.33. The largest absolute Gasteiger partial charge is 0.504 e. The molecule has 3 heteroatoms. The summed E-state index contributed by atoms with van der Waals surface area (Å²) >= 11 is 3.78. The molecule has 1 rings (SSSR count). The van der Waals surface area contributed by atoms with Crippen molar-refractivity contribution in [2.24, 2.45) is 0 Å². The van der Waals surface area contributed by atoms with Crippen molar-refractivity contribution in [2.75, 3.05) is 0 Å². The third-order valence-electron chi connectivity index (χ3n) is 0.965. The van der Waals surface area contributed by atoms with E-state index in [4.69, 9.17) is 5.11 Å². The summed E-state index contributed by atoms with van der Waals surface area (Å²) in [5.41, 5.74) is 0. The van der Waals surface area contributed by atoms with Crippen molar-refractivity contribution in [3.63, 3.8) is 0 Å². The Morgan fingerprint density at radius 3 is 2.56 bits per heavy atom. The van der Waals surface area contributed by atoms with Gasteiger partial charge in [-0.3, -0.25) is 0 Å². The van der Waals surface area contributed by atoms with Gasteiger partial charge in [-0.05, 0) is 12.1 Å². The molecule has 0 amide bonds. The second-order valence-corrected chi connectivity index (χ2v) is 2.09. The molecule has 1 aromatic rings. The van der Waals surface area contributed by atoms with Crippen LogP contribution in [0.2, 0.25) is 0 Å². The van der Waals surface area contributed by atoms with E-state index in [9.17, 15) is 4.39 Å². The molecule has 1 N–H and O–H groups in total. The number of benzene rings is 1. The number of thiol groups is 1. The second-order valence-electron chi connectivity index (χ2n) is 1.61. The molecule has 9 heavy (non-hydrogen) atoms. The Kier molecular flexibility index (Phi) is 1.62. The fourth-order valence-corrected chi connectivity index (χ4v) is 0.697. The van der Waals surface area contributed by atoms with Crippen LogP contribution in [0.25, 0.3) is 0 Å². The van der Waals surface area contributed by atoms with E-state index in [1.165, 1.54) is 18.2 Å². The van der Waals surface area contributed by atoms with Gasteiger partial charge in [0.2, 0.25) is 0 Å². The van der Waals surface area contributed by atoms with E-state index in [0.717, 1.165) is 0 Å². The van der Waals surface area contributed by atoms with Crippen molar-refractivity contribution in [1.29, 1.82) is 0 Å². The van der Waals surface area contributed by atoms with Crippen LogP contribution in [-0.4, -0.2) is 5.11 Å². The maximum absolute atomic E-state index is 12.3. The maximum atomic E-state index is 12.3. The Labute approximate surface area is 57.5 Å². The third kappa shape index (κ3) is 1.16. The van der Waals surface area contributed by atoms with Gasteiger partial charge in [-0.25, -0.2) is 4.39 Å². The molecule has 0 spiro atoms. The Balaban J connectivity index is 3.25. The number of phenols is 1. The molecule has 0 saturated carbocycles. The number of hydrogen-bond donors (Lipinski definition) is 2. The number of para-hydroxylation sites is 1. The first-order valence-corrected chi connectivity index (χ1v) is 2.83. The second kappa shape index (κ2) is 2.27. The molecule has 0 aliphatic heterocycles. The summed E-state index contributed by atoms with van der Waals surface area (Å²) in [6.07, 6.45) is 0. The van der Waals surface area contributed by atoms with Crippen LogP contribution >= 0.6 is 12.6 Å². The SMILES string of the molecule is Oc1c(F)cccc1S. The van der Waals surface area contributed by atoms with E-state index < -0.39 is 5.82 Å². The zero-order valence-electron chi connectivity index (χ0n) is 4.50. The van der Waals surface area contributed by atoms with Gasteiger partial charge in [0.25, 0.3) is 0 Å². The van der Waals surface area contributed by atoms with Gasteiger partial charge < -0.3 is 5.11 Å². The van der Waals surface area contributed by atoms with E-state index in [-0.39, 0.29) is 10.6 Å². The molecule has 1 nitrogen and oxygen atoms in total. The summed E-state index contributed by atoms with van der Waals surface area (Å²) in [5.74, 6) is -1.02. The zero-order chi connectivity index (χ0) is 6.85. The molecule has 0 saturated heterocycles. The molecule has 0 atom stereocenters. The summed E-state index contributed by atoms with van der Waals surface area (Å²) in [6.45, 7) is 0. The first-order valence-electron chi connectivity index (χ1n) is 2.38. The van der Waals surface area contributed by atoms with Crippen LogP contribution in [-0.2, 0) is 0 Å². The lowest BCUT2D eigenvalue weighted by molar-refractivity contribution is 0.420. The molecule has 48 valence electrons. The molecule has 0 radical (unpaired) electrons. The lowest BCUT2D eigenvalue weighted by Crippen LogP contribution is -1.74. The fraction of sp³-hybridized carbons (Fsp3) is 0. The lowest BCUT2D eigenvalue weighted by Gasteiger charge is -1.95. The molecule has 0 aliphatic rings. The average Bonchev–Trinajstić information content (AvgIpc) is 1.83. The lowest BCUT2D eigenvalue weighted by atomic mass is 10.3. The van der Waals surface area contributed by atoms with Crippen molar-refractivity contribution < 1.29 is 9.50 Å². The number of hydrogen-bond acceptors (Lipinski definition) is 2. The number of phenolic OH excluding ortho intramolecular Hbond substituents is 1. The predicted molar refractivity (Wildman–Crippen MR) is 35.3 cm³/mol. The Morgan fingerprint density at radius 1 is 1.44 bits per heavy atom. The monoisotopic (exact) mass is 144 g/mol. The Morgan fingerprint density at radius 2 is 2.11 bits per heavy atom. The number of halogens is 1. The Hall–Kier alpha value is -0.700. The standard InChI is InChI=1S/C6H5FOS/c7-4-2-1-3-5(9)6(4)8/h1-3,8-9H. The van der Waals surface area contributed by atoms with Gasteiger partial charge in [-0.1, -0.05) is 6.07 Å². The van der Waals surface area contributed by atoms with E-state index in [0.29, 0.717) is 0 Å². The minimum Gasteiger partial charge on any atom is -0.504 e. The van der Waals surface area contributed by atoms with Crippen LogP contribution < -0.4 is 0 Å². The highest BCUT2D eigenvalue weighted by Crippen LogP contribution is 2.22. The maximum Gasteiger partial charge on any atom is 0.165 e. The van der Waals surface area contributed by atoms with Gasteiger partial charge in [0.05, 0.1) is 0 Å². The van der Waals surface area contributed by atoms with Crippen molar-refractivity contribution >= 4 is 12.6 Å². The first kappa shape index (κ1) is 6.42. The molecular formula is C6H5FOS. The van der Waals surface area contributed by atoms with Crippen LogP contribution in [0, 0.1) is 5.82 Å². The van der Waals surface area contributed by atoms with Gasteiger partial charge in [0.15, 0.2) is 11.6 Å². The molecular weight excluding hydrogens is 139 g/mol. The van der Waals surface area contributed by atoms with Crippen LogP contribution in [0.4, 0.5) is 4.39 Å². The van der Waals surface area contributed by atoms with E-state index >= 15 is 0 Å². The highest BCUT2D eigenvalue weighted by atomic mass is 32.1. The van der Waals surface area contributed by atoms with Gasteiger partial charge in [-0.15, -0.1) is 12.6 Å². The zero-order valence-corrected chi connectivity index (χ0v) is 5.40. The number of aromatic hydroxyl groups is 1. The molecule has 0 fully saturated rings. The van der Waals surface area contributed by atoms with Crippen LogP contribution in [0.3, 0.4) is 0 Å². The van der Waals surface area contributed by atoms with Crippen molar-refractivity contribution in [2.45, 2.75) is 4.90 Å². The summed E-state index contributed by atoms with van der Waals surface area (Å²) < 4.78 is 12.3. The van der Waals surface area contributed by atoms with Crippen molar-refractivity contribution in [3.8, 4) is 5.75 Å². The quantitative estimate of drug-likeness (QED) is 0.532. The van der Waals surface area contributed by atoms with Gasteiger partial charge in [0, 0.05) is 4.90 Å². The summed E-state index contributed by atoms with van der Waals surface area (Å²) in [7, 11) is 0. The van der Waals surface area contributed by atoms with Crippen LogP contribution in [0.15, 0.2) is 23.1 Å². The van der Waals surface area contributed by atoms with E-state index in [2.05, 4.69) is 12.6 Å². The van der Waals surface area contributed by atoms with Crippen molar-refractivity contribution in [1.82, 2.24) is 0 Å². The average molecular weight is 144 g/mol. The summed E-state index contributed by atoms with van der Waals surface area (Å²) in [4.78, 5) is 0.259. The summed E-state index contributed by atoms with van der Waals surface area (Å²) in [5, 5.41) is 8.75. The van der Waals surface area contributed by atoms with Gasteiger partial charge >= 0.3 is 0 Å². The fourth-order valence-electron chi connectivity index (χ4n) is 0.504. The topological polar surface area (TPSA) is 20.2 Å². The molecule has 0 aliphatic carbocycles. The molecule has 1 aromatic carbocycles. The Bertz CT molecular complexity index is 204. The van der Waals surface area contributed by atoms with E-state index in [1.54, 1.807) is 0 Å². The molecule has 0 bridgehead atoms. The summed E-state index contributed by atoms with van der Waals surface area (Å²) in [6, 6.07) is 4.17. The van der Waals surface area contributed by atoms with Crippen LogP contribution in [0.5, 0.6) is 5.75 Å². The molecule has 0 heterocycles. The minimum atomic E-state index is -0.637. The minimum absolute atomic E-state index is 0.259. The highest BCUT2D eigenvalue weighted by molar-refractivity contribution is 7.80. The van der Waals surface area contributed by atoms with Crippen LogP contribution in [0.1, 0.15) is 0 Å². The van der Waals surface area contributed by atoms with Crippen molar-refractivity contribution in [3.05, 3.63) is 24.0 Å². The highest BCUT2D eigenvalue weighted by Gasteiger charge is 2.00. The smallest absolute Gasteiger partial charge is 0.165 e. The normalized spacial score (nSPS) is 9.56. The van der Waals surface area contributed by atoms with Gasteiger partial charge in [0.1, 0.15) is 0 Å². The number of rotatable bonds is 0. The predicted octanol–water partition coefficient (Wildman–Crippen LogP) is 1.82. The molecule has 0 aromatic heterocycles. The van der Waals surface area contributed by atoms with Gasteiger partial charge in [-0.2, -0.15) is 0 Å². The molecule has 0 unspecified atom stereocenters. The van der Waals surface area contributed by atoms with E-state index in [1.807, 2.05) is 0 Å².